The second-order valence-electron chi connectivity index (χ2n) is 10.8. The predicted molar refractivity (Wildman–Crippen MR) is 138 cm³/mol. The van der Waals surface area contributed by atoms with E-state index in [0.717, 1.165) is 36.6 Å². The van der Waals surface area contributed by atoms with Gasteiger partial charge in [-0.05, 0) is 79.1 Å². The minimum atomic E-state index is -5.17. The van der Waals surface area contributed by atoms with Crippen LogP contribution in [0.5, 0.6) is 0 Å². The molecule has 4 rings (SSSR count). The average Bonchev–Trinajstić information content (AvgIpc) is 2.91. The Morgan fingerprint density at radius 2 is 1.48 bits per heavy atom. The van der Waals surface area contributed by atoms with Gasteiger partial charge in [-0.25, -0.2) is 9.59 Å². The first-order valence-corrected chi connectivity index (χ1v) is 13.8. The summed E-state index contributed by atoms with van der Waals surface area (Å²) >= 11 is 0. The molecule has 1 saturated carbocycles. The fourth-order valence-electron chi connectivity index (χ4n) is 5.60. The largest absolute Gasteiger partial charge is 0.453 e. The van der Waals surface area contributed by atoms with Crippen molar-refractivity contribution in [2.24, 2.45) is 5.92 Å². The van der Waals surface area contributed by atoms with Crippen molar-refractivity contribution in [3.05, 3.63) is 64.2 Å². The summed E-state index contributed by atoms with van der Waals surface area (Å²) in [6.45, 7) is 0.911. The van der Waals surface area contributed by atoms with Gasteiger partial charge in [0.2, 0.25) is 0 Å². The molecule has 2 unspecified atom stereocenters. The van der Waals surface area contributed by atoms with Crippen LogP contribution < -0.4 is 4.90 Å². The van der Waals surface area contributed by atoms with Crippen molar-refractivity contribution in [1.29, 1.82) is 0 Å². The number of carbonyl (C=O) groups excluding carboxylic acids is 2. The van der Waals surface area contributed by atoms with Crippen molar-refractivity contribution in [1.82, 2.24) is 4.90 Å². The van der Waals surface area contributed by atoms with Crippen LogP contribution in [0.4, 0.5) is 54.8 Å². The van der Waals surface area contributed by atoms with Gasteiger partial charge in [-0.1, -0.05) is 13.3 Å². The average molecular weight is 641 g/mol. The van der Waals surface area contributed by atoms with Crippen LogP contribution in [-0.2, 0) is 34.5 Å². The standard InChI is InChI=1S/C29H29F9N2O4/c1-3-9-44-26(42)40-22-8-7-18(27(30,31)32)13-21(22)24(14-23(40)17-5-4-6-17)39(25(41)43-2)15-16-10-19(28(33,34)35)12-20(11-16)29(36,37)38/h7-8,10-13,17,23-24H,3-6,9,14-15H2,1-2H3. The molecule has 2 atom stereocenters. The van der Waals surface area contributed by atoms with E-state index in [0.29, 0.717) is 31.4 Å². The zero-order chi connectivity index (χ0) is 32.6. The summed E-state index contributed by atoms with van der Waals surface area (Å²) in [6, 6.07) is 1.35. The van der Waals surface area contributed by atoms with Gasteiger partial charge in [0.15, 0.2) is 0 Å². The normalized spacial score (nSPS) is 19.2. The summed E-state index contributed by atoms with van der Waals surface area (Å²) < 4.78 is 133. The molecule has 1 fully saturated rings. The van der Waals surface area contributed by atoms with E-state index in [1.807, 2.05) is 0 Å². The van der Waals surface area contributed by atoms with Crippen LogP contribution in [0.1, 0.15) is 72.9 Å². The molecule has 2 aromatic rings. The number of fused-ring (bicyclic) bond motifs is 1. The lowest BCUT2D eigenvalue weighted by Gasteiger charge is -2.48. The minimum Gasteiger partial charge on any atom is -0.453 e. The fraction of sp³-hybridized carbons (Fsp3) is 0.517. The molecule has 1 heterocycles. The van der Waals surface area contributed by atoms with E-state index < -0.39 is 71.6 Å². The zero-order valence-corrected chi connectivity index (χ0v) is 23.6. The molecule has 0 bridgehead atoms. The summed E-state index contributed by atoms with van der Waals surface area (Å²) in [5.41, 5.74) is -5.14. The van der Waals surface area contributed by atoms with E-state index in [4.69, 9.17) is 9.47 Å². The van der Waals surface area contributed by atoms with E-state index in [9.17, 15) is 49.1 Å². The number of nitrogens with zero attached hydrogens (tertiary/aromatic N) is 2. The zero-order valence-electron chi connectivity index (χ0n) is 23.6. The first-order valence-electron chi connectivity index (χ1n) is 13.8. The summed E-state index contributed by atoms with van der Waals surface area (Å²) in [6.07, 6.45) is -14.8. The number of benzene rings is 2. The molecule has 1 aliphatic heterocycles. The van der Waals surface area contributed by atoms with Gasteiger partial charge < -0.3 is 9.47 Å². The SMILES string of the molecule is CCCOC(=O)N1c2ccc(C(F)(F)F)cc2C(N(Cc2cc(C(F)(F)F)cc(C(F)(F)F)c2)C(=O)OC)CC1C1CCC1. The van der Waals surface area contributed by atoms with E-state index in [1.165, 1.54) is 4.90 Å². The number of alkyl halides is 9. The first-order chi connectivity index (χ1) is 20.5. The topological polar surface area (TPSA) is 59.1 Å². The quantitative estimate of drug-likeness (QED) is 0.296. The summed E-state index contributed by atoms with van der Waals surface area (Å²) in [5, 5.41) is 0. The van der Waals surface area contributed by atoms with Gasteiger partial charge in [-0.2, -0.15) is 39.5 Å². The Hall–Kier alpha value is -3.65. The molecule has 0 saturated heterocycles. The van der Waals surface area contributed by atoms with Crippen LogP contribution in [0.2, 0.25) is 0 Å². The Balaban J connectivity index is 1.89. The molecular weight excluding hydrogens is 611 g/mol. The van der Waals surface area contributed by atoms with Gasteiger partial charge in [-0.15, -0.1) is 0 Å². The van der Waals surface area contributed by atoms with E-state index >= 15 is 0 Å². The second-order valence-corrected chi connectivity index (χ2v) is 10.8. The van der Waals surface area contributed by atoms with E-state index in [-0.39, 0.29) is 36.3 Å². The van der Waals surface area contributed by atoms with E-state index in [1.54, 1.807) is 6.92 Å². The monoisotopic (exact) mass is 640 g/mol. The third kappa shape index (κ3) is 7.01. The predicted octanol–water partition coefficient (Wildman–Crippen LogP) is 8.98. The maximum Gasteiger partial charge on any atom is 0.416 e. The lowest BCUT2D eigenvalue weighted by Crippen LogP contribution is -2.53. The molecule has 0 radical (unpaired) electrons. The summed E-state index contributed by atoms with van der Waals surface area (Å²) in [4.78, 5) is 28.4. The number of carbonyl (C=O) groups is 2. The molecule has 242 valence electrons. The van der Waals surface area contributed by atoms with Crippen molar-refractivity contribution in [3.63, 3.8) is 0 Å². The maximum atomic E-state index is 13.8. The number of hydrogen-bond donors (Lipinski definition) is 0. The van der Waals surface area contributed by atoms with Gasteiger partial charge in [0, 0.05) is 12.6 Å². The Kier molecular flexibility index (Phi) is 9.36. The number of rotatable bonds is 6. The first kappa shape index (κ1) is 33.2. The van der Waals surface area contributed by atoms with Crippen LogP contribution in [-0.4, -0.2) is 36.8 Å². The van der Waals surface area contributed by atoms with Crippen molar-refractivity contribution in [2.75, 3.05) is 18.6 Å². The molecule has 6 nitrogen and oxygen atoms in total. The lowest BCUT2D eigenvalue weighted by atomic mass is 9.74. The van der Waals surface area contributed by atoms with Gasteiger partial charge in [-0.3, -0.25) is 9.80 Å². The van der Waals surface area contributed by atoms with Crippen molar-refractivity contribution in [2.45, 2.75) is 76.2 Å². The van der Waals surface area contributed by atoms with Gasteiger partial charge >= 0.3 is 30.7 Å². The Morgan fingerprint density at radius 1 is 0.886 bits per heavy atom. The molecule has 15 heteroatoms. The molecule has 2 amide bonds. The third-order valence-corrected chi connectivity index (χ3v) is 7.88. The number of anilines is 1. The second kappa shape index (κ2) is 12.4. The number of methoxy groups -OCH3 is 1. The summed E-state index contributed by atoms with van der Waals surface area (Å²) in [5.74, 6) is -0.146. The number of amides is 2. The Labute approximate surface area is 246 Å². The van der Waals surface area contributed by atoms with Gasteiger partial charge in [0.05, 0.1) is 42.1 Å². The third-order valence-electron chi connectivity index (χ3n) is 7.88. The summed E-state index contributed by atoms with van der Waals surface area (Å²) in [7, 11) is 0.927. The molecule has 0 spiro atoms. The van der Waals surface area contributed by atoms with Crippen LogP contribution in [0.3, 0.4) is 0 Å². The van der Waals surface area contributed by atoms with E-state index in [2.05, 4.69) is 0 Å². The van der Waals surface area contributed by atoms with Crippen LogP contribution in [0.25, 0.3) is 0 Å². The molecule has 44 heavy (non-hydrogen) atoms. The highest BCUT2D eigenvalue weighted by Crippen LogP contribution is 2.49. The van der Waals surface area contributed by atoms with Crippen molar-refractivity contribution in [3.8, 4) is 0 Å². The van der Waals surface area contributed by atoms with Gasteiger partial charge in [0.1, 0.15) is 0 Å². The fourth-order valence-corrected chi connectivity index (χ4v) is 5.60. The van der Waals surface area contributed by atoms with Crippen LogP contribution in [0, 0.1) is 5.92 Å². The number of halogens is 9. The number of ether oxygens (including phenoxy) is 2. The molecule has 2 aliphatic rings. The lowest BCUT2D eigenvalue weighted by molar-refractivity contribution is -0.143. The highest BCUT2D eigenvalue weighted by atomic mass is 19.4. The Morgan fingerprint density at radius 3 is 1.95 bits per heavy atom. The van der Waals surface area contributed by atoms with Crippen molar-refractivity contribution < 1.29 is 58.6 Å². The van der Waals surface area contributed by atoms with Crippen molar-refractivity contribution >= 4 is 17.9 Å². The molecule has 2 aromatic carbocycles. The highest BCUT2D eigenvalue weighted by Gasteiger charge is 2.46. The molecule has 0 aromatic heterocycles. The van der Waals surface area contributed by atoms with Crippen LogP contribution in [0.15, 0.2) is 36.4 Å². The maximum absolute atomic E-state index is 13.8. The Bertz CT molecular complexity index is 1340. The highest BCUT2D eigenvalue weighted by molar-refractivity contribution is 5.90. The smallest absolute Gasteiger partial charge is 0.416 e. The minimum absolute atomic E-state index is 0.0128. The molecular formula is C29H29F9N2O4. The molecule has 1 aliphatic carbocycles. The number of hydrogen-bond acceptors (Lipinski definition) is 4. The van der Waals surface area contributed by atoms with Crippen LogP contribution >= 0.6 is 0 Å². The van der Waals surface area contributed by atoms with Gasteiger partial charge in [0.25, 0.3) is 0 Å². The molecule has 0 N–H and O–H groups in total.